The number of hydrogen-bond acceptors (Lipinski definition) is 3. The zero-order valence-corrected chi connectivity index (χ0v) is 18.0. The number of guanidine groups is 1. The van der Waals surface area contributed by atoms with Gasteiger partial charge in [0.1, 0.15) is 0 Å². The maximum atomic E-state index is 12.0. The molecule has 5 nitrogen and oxygen atoms in total. The Kier molecular flexibility index (Phi) is 8.18. The van der Waals surface area contributed by atoms with Crippen molar-refractivity contribution in [2.75, 3.05) is 33.3 Å². The number of esters is 1. The van der Waals surface area contributed by atoms with Crippen molar-refractivity contribution in [2.24, 2.45) is 16.8 Å². The molecule has 0 amide bonds. The van der Waals surface area contributed by atoms with Crippen molar-refractivity contribution in [1.29, 1.82) is 0 Å². The van der Waals surface area contributed by atoms with Gasteiger partial charge in [-0.15, -0.1) is 24.0 Å². The van der Waals surface area contributed by atoms with Crippen molar-refractivity contribution in [2.45, 2.75) is 32.1 Å². The number of likely N-dealkylation sites (tertiary alicyclic amines) is 1. The third-order valence-corrected chi connectivity index (χ3v) is 5.23. The maximum absolute atomic E-state index is 12.0. The summed E-state index contributed by atoms with van der Waals surface area (Å²) in [5.41, 5.74) is 1.43. The first-order valence-electron chi connectivity index (χ1n) is 9.40. The van der Waals surface area contributed by atoms with Crippen LogP contribution in [0, 0.1) is 11.8 Å². The van der Waals surface area contributed by atoms with Crippen LogP contribution in [0.4, 0.5) is 0 Å². The monoisotopic (exact) mass is 471 g/mol. The standard InChI is InChI=1S/C20H29N3O2.HI/c1-3-25-19(24)16-10-7-11-23(14-16)20(21-2)22-13-17-12-18(17)15-8-5-4-6-9-15;/h4-6,8-9,16-18H,3,7,10-14H2,1-2H3,(H,21,22);1H. The lowest BCUT2D eigenvalue weighted by Crippen LogP contribution is -2.48. The first-order chi connectivity index (χ1) is 12.2. The van der Waals surface area contributed by atoms with Gasteiger partial charge in [0.2, 0.25) is 0 Å². The first kappa shape index (κ1) is 21.0. The SMILES string of the molecule is CCOC(=O)C1CCCN(C(=NC)NCC2CC2c2ccccc2)C1.I. The molecule has 3 unspecified atom stereocenters. The second-order valence-corrected chi connectivity index (χ2v) is 6.98. The van der Waals surface area contributed by atoms with Crippen LogP contribution in [0.3, 0.4) is 0 Å². The highest BCUT2D eigenvalue weighted by Gasteiger charge is 2.38. The minimum atomic E-state index is -0.0750. The van der Waals surface area contributed by atoms with Crippen LogP contribution in [0.25, 0.3) is 0 Å². The van der Waals surface area contributed by atoms with Gasteiger partial charge in [0, 0.05) is 26.7 Å². The van der Waals surface area contributed by atoms with Crippen LogP contribution in [-0.4, -0.2) is 50.1 Å². The lowest BCUT2D eigenvalue weighted by molar-refractivity contribution is -0.149. The van der Waals surface area contributed by atoms with E-state index in [1.807, 2.05) is 14.0 Å². The highest BCUT2D eigenvalue weighted by molar-refractivity contribution is 14.0. The summed E-state index contributed by atoms with van der Waals surface area (Å²) < 4.78 is 5.19. The number of aliphatic imine (C=N–C) groups is 1. The lowest BCUT2D eigenvalue weighted by Gasteiger charge is -2.34. The van der Waals surface area contributed by atoms with Crippen molar-refractivity contribution >= 4 is 35.9 Å². The minimum Gasteiger partial charge on any atom is -0.466 e. The van der Waals surface area contributed by atoms with Crippen LogP contribution in [0.15, 0.2) is 35.3 Å². The Morgan fingerprint density at radius 1 is 1.35 bits per heavy atom. The fourth-order valence-electron chi connectivity index (χ4n) is 3.76. The molecule has 1 aliphatic heterocycles. The van der Waals surface area contributed by atoms with E-state index in [4.69, 9.17) is 4.74 Å². The van der Waals surface area contributed by atoms with Crippen LogP contribution in [0.5, 0.6) is 0 Å². The zero-order valence-electron chi connectivity index (χ0n) is 15.7. The summed E-state index contributed by atoms with van der Waals surface area (Å²) in [6.45, 7) is 4.89. The molecule has 1 saturated heterocycles. The molecule has 1 N–H and O–H groups in total. The molecular formula is C20H30IN3O2. The van der Waals surface area contributed by atoms with E-state index in [-0.39, 0.29) is 35.9 Å². The molecule has 1 heterocycles. The van der Waals surface area contributed by atoms with Gasteiger partial charge in [0.05, 0.1) is 12.5 Å². The molecule has 3 rings (SSSR count). The van der Waals surface area contributed by atoms with Gasteiger partial charge in [0.25, 0.3) is 0 Å². The number of benzene rings is 1. The van der Waals surface area contributed by atoms with Gasteiger partial charge in [0.15, 0.2) is 5.96 Å². The smallest absolute Gasteiger partial charge is 0.310 e. The highest BCUT2D eigenvalue weighted by Crippen LogP contribution is 2.46. The summed E-state index contributed by atoms with van der Waals surface area (Å²) in [4.78, 5) is 18.6. The lowest BCUT2D eigenvalue weighted by atomic mass is 9.98. The molecule has 3 atom stereocenters. The Labute approximate surface area is 173 Å². The van der Waals surface area contributed by atoms with E-state index < -0.39 is 0 Å². The fourth-order valence-corrected chi connectivity index (χ4v) is 3.76. The first-order valence-corrected chi connectivity index (χ1v) is 9.40. The van der Waals surface area contributed by atoms with E-state index in [0.29, 0.717) is 25.0 Å². The number of hydrogen-bond donors (Lipinski definition) is 1. The molecular weight excluding hydrogens is 441 g/mol. The molecule has 1 aromatic carbocycles. The molecule has 1 aliphatic carbocycles. The molecule has 0 spiro atoms. The number of carbonyl (C=O) groups is 1. The van der Waals surface area contributed by atoms with E-state index in [0.717, 1.165) is 31.9 Å². The third-order valence-electron chi connectivity index (χ3n) is 5.23. The molecule has 2 aliphatic rings. The van der Waals surface area contributed by atoms with Gasteiger partial charge in [-0.1, -0.05) is 30.3 Å². The summed E-state index contributed by atoms with van der Waals surface area (Å²) in [7, 11) is 1.82. The molecule has 1 aromatic rings. The molecule has 0 bridgehead atoms. The van der Waals surface area contributed by atoms with Gasteiger partial charge in [-0.2, -0.15) is 0 Å². The van der Waals surface area contributed by atoms with Crippen molar-refractivity contribution < 1.29 is 9.53 Å². The molecule has 144 valence electrons. The average Bonchev–Trinajstić information content (AvgIpc) is 3.43. The summed E-state index contributed by atoms with van der Waals surface area (Å²) in [6, 6.07) is 10.7. The maximum Gasteiger partial charge on any atom is 0.310 e. The van der Waals surface area contributed by atoms with Crippen LogP contribution < -0.4 is 5.32 Å². The number of carbonyl (C=O) groups excluding carboxylic acids is 1. The zero-order chi connectivity index (χ0) is 17.6. The van der Waals surface area contributed by atoms with Gasteiger partial charge in [-0.05, 0) is 43.6 Å². The van der Waals surface area contributed by atoms with E-state index in [1.165, 1.54) is 12.0 Å². The fraction of sp³-hybridized carbons (Fsp3) is 0.600. The van der Waals surface area contributed by atoms with E-state index in [2.05, 4.69) is 45.5 Å². The summed E-state index contributed by atoms with van der Waals surface area (Å²) >= 11 is 0. The van der Waals surface area contributed by atoms with Crippen LogP contribution in [0.1, 0.15) is 37.7 Å². The highest BCUT2D eigenvalue weighted by atomic mass is 127. The topological polar surface area (TPSA) is 53.9 Å². The second-order valence-electron chi connectivity index (χ2n) is 6.98. The molecule has 26 heavy (non-hydrogen) atoms. The predicted octanol–water partition coefficient (Wildman–Crippen LogP) is 3.26. The van der Waals surface area contributed by atoms with E-state index in [9.17, 15) is 4.79 Å². The largest absolute Gasteiger partial charge is 0.466 e. The number of nitrogens with zero attached hydrogens (tertiary/aromatic N) is 2. The van der Waals surface area contributed by atoms with Gasteiger partial charge in [-0.3, -0.25) is 9.79 Å². The Hall–Kier alpha value is -1.31. The van der Waals surface area contributed by atoms with Gasteiger partial charge >= 0.3 is 5.97 Å². The predicted molar refractivity (Wildman–Crippen MR) is 115 cm³/mol. The van der Waals surface area contributed by atoms with Crippen molar-refractivity contribution in [3.05, 3.63) is 35.9 Å². The molecule has 1 saturated carbocycles. The van der Waals surface area contributed by atoms with Crippen LogP contribution >= 0.6 is 24.0 Å². The molecule has 0 radical (unpaired) electrons. The van der Waals surface area contributed by atoms with Gasteiger partial charge < -0.3 is 15.0 Å². The molecule has 2 fully saturated rings. The molecule has 6 heteroatoms. The Bertz CT molecular complexity index is 608. The van der Waals surface area contributed by atoms with E-state index >= 15 is 0 Å². The van der Waals surface area contributed by atoms with Crippen LogP contribution in [0.2, 0.25) is 0 Å². The number of rotatable bonds is 5. The normalized spacial score (nSPS) is 25.2. The third kappa shape index (κ3) is 5.34. The molecule has 0 aromatic heterocycles. The summed E-state index contributed by atoms with van der Waals surface area (Å²) in [6.07, 6.45) is 3.14. The summed E-state index contributed by atoms with van der Waals surface area (Å²) in [5.74, 6) is 2.14. The number of halogens is 1. The summed E-state index contributed by atoms with van der Waals surface area (Å²) in [5, 5.41) is 3.52. The van der Waals surface area contributed by atoms with E-state index in [1.54, 1.807) is 0 Å². The minimum absolute atomic E-state index is 0. The Balaban J connectivity index is 0.00000243. The van der Waals surface area contributed by atoms with Crippen molar-refractivity contribution in [1.82, 2.24) is 10.2 Å². The Morgan fingerprint density at radius 3 is 2.81 bits per heavy atom. The number of nitrogens with one attached hydrogen (secondary N) is 1. The van der Waals surface area contributed by atoms with Gasteiger partial charge in [-0.25, -0.2) is 0 Å². The van der Waals surface area contributed by atoms with Crippen LogP contribution in [-0.2, 0) is 9.53 Å². The van der Waals surface area contributed by atoms with Crippen molar-refractivity contribution in [3.63, 3.8) is 0 Å². The number of ether oxygens (including phenoxy) is 1. The average molecular weight is 471 g/mol. The quantitative estimate of drug-likeness (QED) is 0.310. The second kappa shape index (κ2) is 10.1. The van der Waals surface area contributed by atoms with Crippen molar-refractivity contribution in [3.8, 4) is 0 Å². The Morgan fingerprint density at radius 2 is 2.12 bits per heavy atom. The number of piperidine rings is 1.